The molecule has 1 heterocycles. The summed E-state index contributed by atoms with van der Waals surface area (Å²) < 4.78 is 0. The minimum atomic E-state index is 0.224. The van der Waals surface area contributed by atoms with Crippen LogP contribution in [0.1, 0.15) is 5.69 Å². The molecule has 0 atom stereocenters. The summed E-state index contributed by atoms with van der Waals surface area (Å²) in [5.74, 6) is 6.74. The van der Waals surface area contributed by atoms with Crippen LogP contribution in [0.2, 0.25) is 0 Å². The lowest BCUT2D eigenvalue weighted by Crippen LogP contribution is -2.26. The van der Waals surface area contributed by atoms with Crippen molar-refractivity contribution in [1.29, 1.82) is 0 Å². The fraction of sp³-hybridized carbons (Fsp3) is 0.0909. The number of nitrogen functional groups attached to an aromatic ring is 1. The predicted octanol–water partition coefficient (Wildman–Crippen LogP) is 1.38. The summed E-state index contributed by atoms with van der Waals surface area (Å²) in [6.45, 7) is 1.85. The maximum absolute atomic E-state index is 5.94. The van der Waals surface area contributed by atoms with E-state index < -0.39 is 0 Å². The van der Waals surface area contributed by atoms with Crippen molar-refractivity contribution in [1.82, 2.24) is 9.97 Å². The topological polar surface area (TPSA) is 81.1 Å². The fourth-order valence-corrected chi connectivity index (χ4v) is 1.42. The number of nitrogens with two attached hydrogens (primary N) is 2. The molecule has 0 radical (unpaired) electrons. The van der Waals surface area contributed by atoms with E-state index in [-0.39, 0.29) is 5.95 Å². The van der Waals surface area contributed by atoms with Gasteiger partial charge in [-0.05, 0) is 19.1 Å². The molecule has 0 saturated heterocycles. The van der Waals surface area contributed by atoms with Crippen molar-refractivity contribution in [3.05, 3.63) is 42.1 Å². The van der Waals surface area contributed by atoms with Crippen LogP contribution >= 0.6 is 0 Å². The summed E-state index contributed by atoms with van der Waals surface area (Å²) in [6, 6.07) is 11.3. The lowest BCUT2D eigenvalue weighted by Gasteiger charge is -2.17. The Kier molecular flexibility index (Phi) is 2.70. The molecule has 4 N–H and O–H groups in total. The number of aromatic nitrogens is 2. The van der Waals surface area contributed by atoms with E-state index in [0.717, 1.165) is 11.4 Å². The molecule has 1 aromatic carbocycles. The SMILES string of the molecule is Cc1cc(N(N)c2ccccc2)nc(N)n1. The summed E-state index contributed by atoms with van der Waals surface area (Å²) in [4.78, 5) is 8.07. The molecule has 16 heavy (non-hydrogen) atoms. The number of hydrazine groups is 1. The number of nitrogens with zero attached hydrogens (tertiary/aromatic N) is 3. The smallest absolute Gasteiger partial charge is 0.222 e. The first-order valence-corrected chi connectivity index (χ1v) is 4.88. The van der Waals surface area contributed by atoms with Crippen LogP contribution in [-0.4, -0.2) is 9.97 Å². The second-order valence-corrected chi connectivity index (χ2v) is 3.43. The van der Waals surface area contributed by atoms with Crippen LogP contribution < -0.4 is 16.6 Å². The molecule has 2 aromatic rings. The monoisotopic (exact) mass is 215 g/mol. The van der Waals surface area contributed by atoms with Gasteiger partial charge in [-0.15, -0.1) is 0 Å². The van der Waals surface area contributed by atoms with E-state index in [2.05, 4.69) is 9.97 Å². The number of aryl methyl sites for hydroxylation is 1. The van der Waals surface area contributed by atoms with Gasteiger partial charge in [0.1, 0.15) is 0 Å². The lowest BCUT2D eigenvalue weighted by molar-refractivity contribution is 1.01. The Hall–Kier alpha value is -2.14. The summed E-state index contributed by atoms with van der Waals surface area (Å²) in [5, 5.41) is 1.48. The zero-order chi connectivity index (χ0) is 11.5. The maximum Gasteiger partial charge on any atom is 0.222 e. The number of anilines is 3. The zero-order valence-electron chi connectivity index (χ0n) is 8.96. The molecule has 0 unspecified atom stereocenters. The molecule has 0 amide bonds. The molecule has 5 heteroatoms. The average Bonchev–Trinajstić information content (AvgIpc) is 2.28. The van der Waals surface area contributed by atoms with Crippen molar-refractivity contribution in [2.75, 3.05) is 10.7 Å². The standard InChI is InChI=1S/C11H13N5/c1-8-7-10(15-11(12)14-8)16(13)9-5-3-2-4-6-9/h2-7H,13H2,1H3,(H2,12,14,15). The Morgan fingerprint density at radius 2 is 1.81 bits per heavy atom. The van der Waals surface area contributed by atoms with Gasteiger partial charge in [-0.2, -0.15) is 4.98 Å². The Morgan fingerprint density at radius 3 is 2.44 bits per heavy atom. The predicted molar refractivity (Wildman–Crippen MR) is 63.9 cm³/mol. The first-order chi connectivity index (χ1) is 7.66. The van der Waals surface area contributed by atoms with Gasteiger partial charge in [-0.3, -0.25) is 5.01 Å². The van der Waals surface area contributed by atoms with Gasteiger partial charge >= 0.3 is 0 Å². The molecule has 1 aromatic heterocycles. The Balaban J connectivity index is 2.37. The van der Waals surface area contributed by atoms with Crippen molar-refractivity contribution in [2.45, 2.75) is 6.92 Å². The van der Waals surface area contributed by atoms with Crippen LogP contribution in [0.15, 0.2) is 36.4 Å². The molecular formula is C11H13N5. The highest BCUT2D eigenvalue weighted by Gasteiger charge is 2.07. The lowest BCUT2D eigenvalue weighted by atomic mass is 10.3. The zero-order valence-corrected chi connectivity index (χ0v) is 8.96. The Labute approximate surface area is 93.7 Å². The summed E-state index contributed by atoms with van der Waals surface area (Å²) in [6.07, 6.45) is 0. The summed E-state index contributed by atoms with van der Waals surface area (Å²) in [7, 11) is 0. The van der Waals surface area contributed by atoms with Gasteiger partial charge in [-0.25, -0.2) is 10.8 Å². The van der Waals surface area contributed by atoms with Gasteiger partial charge < -0.3 is 5.73 Å². The minimum absolute atomic E-state index is 0.224. The van der Waals surface area contributed by atoms with Gasteiger partial charge in [0.25, 0.3) is 0 Å². The van der Waals surface area contributed by atoms with Crippen molar-refractivity contribution >= 4 is 17.5 Å². The minimum Gasteiger partial charge on any atom is -0.368 e. The van der Waals surface area contributed by atoms with Crippen molar-refractivity contribution < 1.29 is 0 Å². The number of benzene rings is 1. The van der Waals surface area contributed by atoms with E-state index >= 15 is 0 Å². The molecule has 0 spiro atoms. The molecular weight excluding hydrogens is 202 g/mol. The van der Waals surface area contributed by atoms with E-state index in [9.17, 15) is 0 Å². The van der Waals surface area contributed by atoms with Gasteiger partial charge in [0, 0.05) is 11.8 Å². The highest BCUT2D eigenvalue weighted by molar-refractivity contribution is 5.58. The first kappa shape index (κ1) is 10.4. The quantitative estimate of drug-likeness (QED) is 0.584. The summed E-state index contributed by atoms with van der Waals surface area (Å²) >= 11 is 0. The third-order valence-corrected chi connectivity index (χ3v) is 2.14. The van der Waals surface area contributed by atoms with E-state index in [1.807, 2.05) is 37.3 Å². The van der Waals surface area contributed by atoms with Gasteiger partial charge in [-0.1, -0.05) is 18.2 Å². The highest BCUT2D eigenvalue weighted by atomic mass is 15.4. The Morgan fingerprint density at radius 1 is 1.12 bits per heavy atom. The van der Waals surface area contributed by atoms with Crippen molar-refractivity contribution in [3.8, 4) is 0 Å². The average molecular weight is 215 g/mol. The first-order valence-electron chi connectivity index (χ1n) is 4.88. The van der Waals surface area contributed by atoms with Crippen LogP contribution in [0.25, 0.3) is 0 Å². The third kappa shape index (κ3) is 2.09. The normalized spacial score (nSPS) is 10.1. The van der Waals surface area contributed by atoms with Crippen molar-refractivity contribution in [2.24, 2.45) is 5.84 Å². The summed E-state index contributed by atoms with van der Waals surface area (Å²) in [5.41, 5.74) is 7.20. The van der Waals surface area contributed by atoms with Gasteiger partial charge in [0.2, 0.25) is 5.95 Å². The molecule has 2 rings (SSSR count). The molecule has 0 aliphatic rings. The molecule has 0 aliphatic heterocycles. The van der Waals surface area contributed by atoms with E-state index in [0.29, 0.717) is 5.82 Å². The van der Waals surface area contributed by atoms with Crippen LogP contribution in [0, 0.1) is 6.92 Å². The van der Waals surface area contributed by atoms with Crippen LogP contribution in [0.5, 0.6) is 0 Å². The molecule has 82 valence electrons. The highest BCUT2D eigenvalue weighted by Crippen LogP contribution is 2.20. The van der Waals surface area contributed by atoms with Crippen LogP contribution in [0.3, 0.4) is 0 Å². The second kappa shape index (κ2) is 4.16. The Bertz CT molecular complexity index is 463. The molecule has 0 fully saturated rings. The molecule has 5 nitrogen and oxygen atoms in total. The maximum atomic E-state index is 5.94. The largest absolute Gasteiger partial charge is 0.368 e. The molecule has 0 bridgehead atoms. The van der Waals surface area contributed by atoms with E-state index in [1.54, 1.807) is 6.07 Å². The number of rotatable bonds is 2. The third-order valence-electron chi connectivity index (χ3n) is 2.14. The number of hydrogen-bond donors (Lipinski definition) is 2. The van der Waals surface area contributed by atoms with Crippen LogP contribution in [-0.2, 0) is 0 Å². The van der Waals surface area contributed by atoms with Gasteiger partial charge in [0.05, 0.1) is 5.69 Å². The second-order valence-electron chi connectivity index (χ2n) is 3.43. The fourth-order valence-electron chi connectivity index (χ4n) is 1.42. The van der Waals surface area contributed by atoms with Gasteiger partial charge in [0.15, 0.2) is 5.82 Å². The van der Waals surface area contributed by atoms with Crippen molar-refractivity contribution in [3.63, 3.8) is 0 Å². The van der Waals surface area contributed by atoms with E-state index in [4.69, 9.17) is 11.6 Å². The van der Waals surface area contributed by atoms with Crippen LogP contribution in [0.4, 0.5) is 17.5 Å². The molecule has 0 saturated carbocycles. The molecule has 0 aliphatic carbocycles. The number of hydrogen-bond acceptors (Lipinski definition) is 5. The van der Waals surface area contributed by atoms with E-state index in [1.165, 1.54) is 5.01 Å². The number of para-hydroxylation sites is 1.